The number of halogens is 2. The predicted molar refractivity (Wildman–Crippen MR) is 75.1 cm³/mol. The maximum absolute atomic E-state index is 13.7. The summed E-state index contributed by atoms with van der Waals surface area (Å²) < 4.78 is 31.3. The number of anilines is 1. The highest BCUT2D eigenvalue weighted by Crippen LogP contribution is 2.21. The van der Waals surface area contributed by atoms with Crippen molar-refractivity contribution in [3.05, 3.63) is 46.0 Å². The highest BCUT2D eigenvalue weighted by molar-refractivity contribution is 7.04. The molecule has 0 aliphatic rings. The first kappa shape index (κ1) is 14.6. The van der Waals surface area contributed by atoms with Crippen LogP contribution in [-0.2, 0) is 11.2 Å². The van der Waals surface area contributed by atoms with E-state index in [9.17, 15) is 13.6 Å². The number of carbonyl (C=O) groups excluding carboxylic acids is 1. The van der Waals surface area contributed by atoms with Crippen LogP contribution in [0.1, 0.15) is 16.8 Å². The van der Waals surface area contributed by atoms with E-state index in [0.29, 0.717) is 5.69 Å². The molecule has 0 bridgehead atoms. The summed E-state index contributed by atoms with van der Waals surface area (Å²) in [6.07, 6.45) is -0.186. The molecule has 0 N–H and O–H groups in total. The number of rotatable bonds is 3. The fourth-order valence-electron chi connectivity index (χ4n) is 1.85. The number of hydrogen-bond donors (Lipinski definition) is 0. The van der Waals surface area contributed by atoms with E-state index in [2.05, 4.69) is 4.37 Å². The van der Waals surface area contributed by atoms with Gasteiger partial charge in [0.15, 0.2) is 0 Å². The topological polar surface area (TPSA) is 33.2 Å². The maximum atomic E-state index is 13.7. The number of aryl methyl sites for hydroxylation is 2. The van der Waals surface area contributed by atoms with Gasteiger partial charge in [0.25, 0.3) is 0 Å². The zero-order valence-corrected chi connectivity index (χ0v) is 12.2. The average Bonchev–Trinajstić information content (AvgIpc) is 2.81. The minimum absolute atomic E-state index is 0.0609. The van der Waals surface area contributed by atoms with Gasteiger partial charge in [0.1, 0.15) is 11.6 Å². The molecule has 0 radical (unpaired) electrons. The molecule has 0 fully saturated rings. The Balaban J connectivity index is 2.20. The summed E-state index contributed by atoms with van der Waals surface area (Å²) in [6, 6.07) is 2.18. The fourth-order valence-corrected chi connectivity index (χ4v) is 2.58. The van der Waals surface area contributed by atoms with E-state index in [4.69, 9.17) is 0 Å². The first-order chi connectivity index (χ1) is 9.40. The normalized spacial score (nSPS) is 10.7. The highest BCUT2D eigenvalue weighted by atomic mass is 32.1. The predicted octanol–water partition coefficient (Wildman–Crippen LogP) is 3.24. The Morgan fingerprint density at radius 3 is 2.60 bits per heavy atom. The standard InChI is InChI=1S/C14H14F2N2OS/c1-8-4-12(16)10(5-11(8)15)6-14(19)18(3)13-7-20-17-9(13)2/h4-5,7H,6H2,1-3H3. The van der Waals surface area contributed by atoms with E-state index in [1.807, 2.05) is 0 Å². The van der Waals surface area contributed by atoms with Gasteiger partial charge in [-0.25, -0.2) is 8.78 Å². The van der Waals surface area contributed by atoms with E-state index in [1.54, 1.807) is 19.4 Å². The fraction of sp³-hybridized carbons (Fsp3) is 0.286. The van der Waals surface area contributed by atoms with Gasteiger partial charge in [-0.3, -0.25) is 4.79 Å². The Hall–Kier alpha value is -1.82. The molecule has 0 aliphatic heterocycles. The van der Waals surface area contributed by atoms with Crippen LogP contribution in [-0.4, -0.2) is 17.3 Å². The van der Waals surface area contributed by atoms with Gasteiger partial charge in [-0.1, -0.05) is 0 Å². The van der Waals surface area contributed by atoms with Crippen LogP contribution in [0, 0.1) is 25.5 Å². The Morgan fingerprint density at radius 2 is 2.00 bits per heavy atom. The number of nitrogens with zero attached hydrogens (tertiary/aromatic N) is 2. The molecule has 0 saturated heterocycles. The Morgan fingerprint density at radius 1 is 1.30 bits per heavy atom. The second-order valence-corrected chi connectivity index (χ2v) is 5.24. The second kappa shape index (κ2) is 5.66. The van der Waals surface area contributed by atoms with Gasteiger partial charge < -0.3 is 4.90 Å². The van der Waals surface area contributed by atoms with Gasteiger partial charge in [-0.15, -0.1) is 0 Å². The third-order valence-electron chi connectivity index (χ3n) is 3.13. The third kappa shape index (κ3) is 2.85. The smallest absolute Gasteiger partial charge is 0.231 e. The molecule has 0 atom stereocenters. The van der Waals surface area contributed by atoms with Gasteiger partial charge in [0.05, 0.1) is 17.8 Å². The van der Waals surface area contributed by atoms with E-state index < -0.39 is 11.6 Å². The quantitative estimate of drug-likeness (QED) is 0.871. The lowest BCUT2D eigenvalue weighted by molar-refractivity contribution is -0.117. The summed E-state index contributed by atoms with van der Waals surface area (Å²) in [5.41, 5.74) is 1.71. The lowest BCUT2D eigenvalue weighted by atomic mass is 10.1. The van der Waals surface area contributed by atoms with Gasteiger partial charge in [-0.05, 0) is 43.1 Å². The minimum atomic E-state index is -0.564. The average molecular weight is 296 g/mol. The Labute approximate surface area is 120 Å². The van der Waals surface area contributed by atoms with Crippen LogP contribution in [0.3, 0.4) is 0 Å². The molecule has 106 valence electrons. The van der Waals surface area contributed by atoms with Crippen LogP contribution in [0.4, 0.5) is 14.5 Å². The summed E-state index contributed by atoms with van der Waals surface area (Å²) >= 11 is 1.25. The van der Waals surface area contributed by atoms with Crippen molar-refractivity contribution in [3.63, 3.8) is 0 Å². The molecule has 6 heteroatoms. The molecule has 1 aromatic heterocycles. The zero-order valence-electron chi connectivity index (χ0n) is 11.4. The highest BCUT2D eigenvalue weighted by Gasteiger charge is 2.17. The number of likely N-dealkylation sites (N-methyl/N-ethyl adjacent to an activating group) is 1. The van der Waals surface area contributed by atoms with Gasteiger partial charge in [-0.2, -0.15) is 4.37 Å². The second-order valence-electron chi connectivity index (χ2n) is 4.61. The molecule has 3 nitrogen and oxygen atoms in total. The first-order valence-electron chi connectivity index (χ1n) is 6.02. The third-order valence-corrected chi connectivity index (χ3v) is 3.84. The monoisotopic (exact) mass is 296 g/mol. The van der Waals surface area contributed by atoms with Crippen molar-refractivity contribution in [3.8, 4) is 0 Å². The van der Waals surface area contributed by atoms with Gasteiger partial charge >= 0.3 is 0 Å². The van der Waals surface area contributed by atoms with Crippen molar-refractivity contribution in [2.75, 3.05) is 11.9 Å². The number of hydrogen-bond acceptors (Lipinski definition) is 3. The van der Waals surface area contributed by atoms with Crippen LogP contribution < -0.4 is 4.90 Å². The molecule has 1 aromatic carbocycles. The van der Waals surface area contributed by atoms with Crippen LogP contribution in [0.2, 0.25) is 0 Å². The summed E-state index contributed by atoms with van der Waals surface area (Å²) in [5.74, 6) is -1.38. The van der Waals surface area contributed by atoms with Crippen molar-refractivity contribution >= 4 is 23.1 Å². The SMILES string of the molecule is Cc1cc(F)c(CC(=O)N(C)c2csnc2C)cc1F. The number of amides is 1. The summed E-state index contributed by atoms with van der Waals surface area (Å²) in [5, 5.41) is 1.75. The van der Waals surface area contributed by atoms with Crippen molar-refractivity contribution in [2.24, 2.45) is 0 Å². The molecule has 0 unspecified atom stereocenters. The van der Waals surface area contributed by atoms with Crippen molar-refractivity contribution in [1.82, 2.24) is 4.37 Å². The molecule has 2 rings (SSSR count). The van der Waals surface area contributed by atoms with E-state index in [1.165, 1.54) is 23.4 Å². The molecular weight excluding hydrogens is 282 g/mol. The molecule has 0 aliphatic carbocycles. The Bertz CT molecular complexity index is 655. The number of carbonyl (C=O) groups is 1. The molecule has 2 aromatic rings. The minimum Gasteiger partial charge on any atom is -0.313 e. The van der Waals surface area contributed by atoms with E-state index in [-0.39, 0.29) is 23.5 Å². The van der Waals surface area contributed by atoms with Crippen molar-refractivity contribution in [1.29, 1.82) is 0 Å². The van der Waals surface area contributed by atoms with E-state index in [0.717, 1.165) is 17.8 Å². The lowest BCUT2D eigenvalue weighted by Gasteiger charge is -2.16. The molecule has 0 spiro atoms. The van der Waals surface area contributed by atoms with Crippen LogP contribution in [0.5, 0.6) is 0 Å². The summed E-state index contributed by atoms with van der Waals surface area (Å²) in [4.78, 5) is 13.5. The Kier molecular flexibility index (Phi) is 4.13. The van der Waals surface area contributed by atoms with Crippen LogP contribution in [0.25, 0.3) is 0 Å². The molecule has 0 saturated carbocycles. The first-order valence-corrected chi connectivity index (χ1v) is 6.86. The van der Waals surface area contributed by atoms with Crippen molar-refractivity contribution in [2.45, 2.75) is 20.3 Å². The van der Waals surface area contributed by atoms with Gasteiger partial charge in [0, 0.05) is 18.0 Å². The molecule has 20 heavy (non-hydrogen) atoms. The largest absolute Gasteiger partial charge is 0.313 e. The molecule has 1 amide bonds. The number of aromatic nitrogens is 1. The zero-order chi connectivity index (χ0) is 14.9. The lowest BCUT2D eigenvalue weighted by Crippen LogP contribution is -2.28. The molecule has 1 heterocycles. The van der Waals surface area contributed by atoms with Crippen LogP contribution in [0.15, 0.2) is 17.5 Å². The molecular formula is C14H14F2N2OS. The number of benzene rings is 1. The van der Waals surface area contributed by atoms with Gasteiger partial charge in [0.2, 0.25) is 5.91 Å². The summed E-state index contributed by atoms with van der Waals surface area (Å²) in [6.45, 7) is 3.28. The summed E-state index contributed by atoms with van der Waals surface area (Å²) in [7, 11) is 1.60. The van der Waals surface area contributed by atoms with Crippen LogP contribution >= 0.6 is 11.5 Å². The van der Waals surface area contributed by atoms with E-state index >= 15 is 0 Å². The maximum Gasteiger partial charge on any atom is 0.231 e. The van der Waals surface area contributed by atoms with Crippen molar-refractivity contribution < 1.29 is 13.6 Å².